The van der Waals surface area contributed by atoms with Crippen LogP contribution in [0.2, 0.25) is 0 Å². The smallest absolute Gasteiger partial charge is 0.147 e. The van der Waals surface area contributed by atoms with Crippen LogP contribution in [-0.2, 0) is 0 Å². The highest BCUT2D eigenvalue weighted by molar-refractivity contribution is 5.43. The van der Waals surface area contributed by atoms with E-state index in [2.05, 4.69) is 21.8 Å². The summed E-state index contributed by atoms with van der Waals surface area (Å²) in [5.41, 5.74) is 8.21. The van der Waals surface area contributed by atoms with Gasteiger partial charge in [0.25, 0.3) is 0 Å². The number of rotatable bonds is 3. The van der Waals surface area contributed by atoms with E-state index in [1.807, 2.05) is 20.0 Å². The Labute approximate surface area is 96.9 Å². The highest BCUT2D eigenvalue weighted by atomic mass is 15.3. The van der Waals surface area contributed by atoms with Crippen LogP contribution in [0.5, 0.6) is 0 Å². The lowest BCUT2D eigenvalue weighted by Gasteiger charge is -2.48. The van der Waals surface area contributed by atoms with Gasteiger partial charge in [-0.1, -0.05) is 13.3 Å². The van der Waals surface area contributed by atoms with E-state index >= 15 is 0 Å². The zero-order chi connectivity index (χ0) is 11.8. The van der Waals surface area contributed by atoms with E-state index < -0.39 is 0 Å². The number of aryl methyl sites for hydroxylation is 2. The summed E-state index contributed by atoms with van der Waals surface area (Å²) >= 11 is 0. The van der Waals surface area contributed by atoms with Crippen LogP contribution in [-0.4, -0.2) is 28.6 Å². The van der Waals surface area contributed by atoms with Crippen LogP contribution in [0.15, 0.2) is 6.20 Å². The maximum Gasteiger partial charge on any atom is 0.147 e. The van der Waals surface area contributed by atoms with Crippen LogP contribution in [0, 0.1) is 13.8 Å². The van der Waals surface area contributed by atoms with Crippen LogP contribution in [0.3, 0.4) is 0 Å². The minimum Gasteiger partial charge on any atom is -0.352 e. The van der Waals surface area contributed by atoms with E-state index in [1.165, 1.54) is 0 Å². The lowest BCUT2D eigenvalue weighted by atomic mass is 9.86. The van der Waals surface area contributed by atoms with Crippen molar-refractivity contribution in [2.24, 2.45) is 5.73 Å². The zero-order valence-corrected chi connectivity index (χ0v) is 10.3. The van der Waals surface area contributed by atoms with Crippen LogP contribution in [0.4, 0.5) is 5.82 Å². The Morgan fingerprint density at radius 3 is 2.62 bits per heavy atom. The Kier molecular flexibility index (Phi) is 2.84. The van der Waals surface area contributed by atoms with Crippen LogP contribution >= 0.6 is 0 Å². The second-order valence-electron chi connectivity index (χ2n) is 4.87. The molecule has 2 heterocycles. The third-order valence-electron chi connectivity index (χ3n) is 3.26. The van der Waals surface area contributed by atoms with Crippen LogP contribution in [0.25, 0.3) is 0 Å². The average Bonchev–Trinajstić information content (AvgIpc) is 2.19. The second-order valence-corrected chi connectivity index (χ2v) is 4.87. The minimum absolute atomic E-state index is 0.00474. The first-order valence-corrected chi connectivity index (χ1v) is 5.88. The highest BCUT2D eigenvalue weighted by Crippen LogP contribution is 2.27. The maximum absolute atomic E-state index is 6.22. The third-order valence-corrected chi connectivity index (χ3v) is 3.26. The van der Waals surface area contributed by atoms with Crippen molar-refractivity contribution >= 4 is 5.82 Å². The quantitative estimate of drug-likeness (QED) is 0.837. The fourth-order valence-corrected chi connectivity index (χ4v) is 2.21. The molecule has 1 aromatic heterocycles. The molecule has 1 saturated heterocycles. The molecule has 0 spiro atoms. The zero-order valence-electron chi connectivity index (χ0n) is 10.3. The van der Waals surface area contributed by atoms with Gasteiger partial charge < -0.3 is 10.6 Å². The predicted octanol–water partition coefficient (Wildman–Crippen LogP) is 1.41. The van der Waals surface area contributed by atoms with Crippen molar-refractivity contribution in [1.29, 1.82) is 0 Å². The molecule has 1 aliphatic rings. The molecule has 0 amide bonds. The lowest BCUT2D eigenvalue weighted by molar-refractivity contribution is 0.305. The molecule has 0 unspecified atom stereocenters. The van der Waals surface area contributed by atoms with Gasteiger partial charge in [0, 0.05) is 13.1 Å². The molecule has 0 bridgehead atoms. The number of nitrogens with zero attached hydrogens (tertiary/aromatic N) is 3. The van der Waals surface area contributed by atoms with Crippen LogP contribution < -0.4 is 10.6 Å². The molecule has 88 valence electrons. The van der Waals surface area contributed by atoms with E-state index in [9.17, 15) is 0 Å². The molecule has 0 aliphatic carbocycles. The fraction of sp³-hybridized carbons (Fsp3) is 0.667. The molecule has 0 atom stereocenters. The van der Waals surface area contributed by atoms with Gasteiger partial charge in [-0.25, -0.2) is 4.98 Å². The van der Waals surface area contributed by atoms with E-state index in [1.54, 1.807) is 0 Å². The summed E-state index contributed by atoms with van der Waals surface area (Å²) in [6, 6.07) is 0. The Morgan fingerprint density at radius 1 is 1.38 bits per heavy atom. The molecule has 0 radical (unpaired) electrons. The normalized spacial score (nSPS) is 18.4. The molecule has 4 heteroatoms. The summed E-state index contributed by atoms with van der Waals surface area (Å²) in [6.45, 7) is 7.95. The first-order chi connectivity index (χ1) is 7.54. The predicted molar refractivity (Wildman–Crippen MR) is 65.5 cm³/mol. The van der Waals surface area contributed by atoms with Crippen molar-refractivity contribution in [3.63, 3.8) is 0 Å². The lowest BCUT2D eigenvalue weighted by Crippen LogP contribution is -2.67. The summed E-state index contributed by atoms with van der Waals surface area (Å²) in [4.78, 5) is 11.1. The summed E-state index contributed by atoms with van der Waals surface area (Å²) in [5, 5.41) is 0. The summed E-state index contributed by atoms with van der Waals surface area (Å²) in [7, 11) is 0. The van der Waals surface area contributed by atoms with Crippen molar-refractivity contribution < 1.29 is 0 Å². The van der Waals surface area contributed by atoms with Gasteiger partial charge in [0.1, 0.15) is 5.82 Å². The first kappa shape index (κ1) is 11.3. The van der Waals surface area contributed by atoms with E-state index in [4.69, 9.17) is 5.73 Å². The van der Waals surface area contributed by atoms with Crippen molar-refractivity contribution in [3.8, 4) is 0 Å². The molecule has 0 saturated carbocycles. The number of nitrogens with two attached hydrogens (primary N) is 1. The molecule has 1 aromatic rings. The SMILES string of the molecule is CCCC1(N)CN(c2cnc(C)c(C)n2)C1. The summed E-state index contributed by atoms with van der Waals surface area (Å²) in [6.07, 6.45) is 4.07. The molecular weight excluding hydrogens is 200 g/mol. The molecule has 4 nitrogen and oxygen atoms in total. The molecule has 2 N–H and O–H groups in total. The third kappa shape index (κ3) is 2.02. The van der Waals surface area contributed by atoms with Gasteiger partial charge in [-0.05, 0) is 20.3 Å². The number of aromatic nitrogens is 2. The Balaban J connectivity index is 2.04. The number of hydrogen-bond donors (Lipinski definition) is 1. The van der Waals surface area contributed by atoms with Crippen molar-refractivity contribution in [2.45, 2.75) is 39.2 Å². The molecule has 0 aromatic carbocycles. The molecule has 1 fully saturated rings. The second kappa shape index (κ2) is 4.01. The molecular formula is C12H20N4. The average molecular weight is 220 g/mol. The van der Waals surface area contributed by atoms with Gasteiger partial charge in [0.15, 0.2) is 0 Å². The standard InChI is InChI=1S/C12H20N4/c1-4-5-12(13)7-16(8-12)11-6-14-9(2)10(3)15-11/h6H,4-5,7-8,13H2,1-3H3. The Hall–Kier alpha value is -1.16. The van der Waals surface area contributed by atoms with Gasteiger partial charge in [0.05, 0.1) is 23.1 Å². The monoisotopic (exact) mass is 220 g/mol. The Morgan fingerprint density at radius 2 is 2.06 bits per heavy atom. The molecule has 1 aliphatic heterocycles. The van der Waals surface area contributed by atoms with Gasteiger partial charge in [0.2, 0.25) is 0 Å². The van der Waals surface area contributed by atoms with Crippen molar-refractivity contribution in [2.75, 3.05) is 18.0 Å². The topological polar surface area (TPSA) is 55.0 Å². The van der Waals surface area contributed by atoms with Gasteiger partial charge in [-0.15, -0.1) is 0 Å². The van der Waals surface area contributed by atoms with E-state index in [0.717, 1.165) is 43.1 Å². The van der Waals surface area contributed by atoms with E-state index in [-0.39, 0.29) is 5.54 Å². The molecule has 16 heavy (non-hydrogen) atoms. The minimum atomic E-state index is -0.00474. The molecule has 2 rings (SSSR count). The summed E-state index contributed by atoms with van der Waals surface area (Å²) < 4.78 is 0. The van der Waals surface area contributed by atoms with E-state index in [0.29, 0.717) is 0 Å². The highest BCUT2D eigenvalue weighted by Gasteiger charge is 2.39. The number of hydrogen-bond acceptors (Lipinski definition) is 4. The first-order valence-electron chi connectivity index (χ1n) is 5.88. The van der Waals surface area contributed by atoms with Crippen molar-refractivity contribution in [3.05, 3.63) is 17.6 Å². The van der Waals surface area contributed by atoms with Crippen LogP contribution in [0.1, 0.15) is 31.2 Å². The summed E-state index contributed by atoms with van der Waals surface area (Å²) in [5.74, 6) is 0.959. The van der Waals surface area contributed by atoms with Crippen molar-refractivity contribution in [1.82, 2.24) is 9.97 Å². The fourth-order valence-electron chi connectivity index (χ4n) is 2.21. The number of anilines is 1. The van der Waals surface area contributed by atoms with Gasteiger partial charge >= 0.3 is 0 Å². The largest absolute Gasteiger partial charge is 0.352 e. The van der Waals surface area contributed by atoms with Gasteiger partial charge in [-0.3, -0.25) is 4.98 Å². The Bertz CT molecular complexity index is 383. The maximum atomic E-state index is 6.22. The van der Waals surface area contributed by atoms with Gasteiger partial charge in [-0.2, -0.15) is 0 Å².